The van der Waals surface area contributed by atoms with Crippen molar-refractivity contribution in [3.63, 3.8) is 0 Å². The van der Waals surface area contributed by atoms with Crippen molar-refractivity contribution in [2.75, 3.05) is 4.90 Å². The summed E-state index contributed by atoms with van der Waals surface area (Å²) in [4.78, 5) is 2.37. The van der Waals surface area contributed by atoms with Crippen LogP contribution in [-0.2, 0) is 5.41 Å². The van der Waals surface area contributed by atoms with Crippen LogP contribution in [0.5, 0.6) is 0 Å². The van der Waals surface area contributed by atoms with Gasteiger partial charge in [-0.3, -0.25) is 0 Å². The quantitative estimate of drug-likeness (QED) is 0.143. The maximum Gasteiger partial charge on any atom is 0.136 e. The van der Waals surface area contributed by atoms with Gasteiger partial charge in [-0.05, 0) is 155 Å². The number of hydrogen-bond acceptors (Lipinski definition) is 2. The van der Waals surface area contributed by atoms with Crippen molar-refractivity contribution in [1.82, 2.24) is 0 Å². The average Bonchev–Trinajstić information content (AvgIpc) is 4.00. The first kappa shape index (κ1) is 42.4. The molecule has 1 heterocycles. The number of anilines is 3. The Morgan fingerprint density at radius 3 is 1.33 bits per heavy atom. The molecule has 2 heteroatoms. The zero-order chi connectivity index (χ0) is 48.3. The van der Waals surface area contributed by atoms with E-state index in [-0.39, 0.29) is 0 Å². The molecule has 2 nitrogen and oxygen atoms in total. The first-order valence-electron chi connectivity index (χ1n) is 25.1. The van der Waals surface area contributed by atoms with Crippen LogP contribution in [-0.4, -0.2) is 0 Å². The molecule has 0 N–H and O–H groups in total. The van der Waals surface area contributed by atoms with Crippen LogP contribution in [0, 0.1) is 0 Å². The van der Waals surface area contributed by atoms with Crippen LogP contribution in [0.3, 0.4) is 0 Å². The van der Waals surface area contributed by atoms with Crippen molar-refractivity contribution >= 4 is 49.8 Å². The van der Waals surface area contributed by atoms with Crippen LogP contribution in [0.25, 0.3) is 88.3 Å². The van der Waals surface area contributed by atoms with Gasteiger partial charge in [0.15, 0.2) is 0 Å². The number of benzene rings is 12. The highest BCUT2D eigenvalue weighted by Crippen LogP contribution is 2.58. The number of nitrogens with zero attached hydrogens (tertiary/aromatic N) is 1. The van der Waals surface area contributed by atoms with E-state index in [2.05, 4.69) is 278 Å². The van der Waals surface area contributed by atoms with E-state index in [1.54, 1.807) is 0 Å². The number of hydrogen-bond donors (Lipinski definition) is 0. The van der Waals surface area contributed by atoms with Crippen molar-refractivity contribution in [3.8, 4) is 55.6 Å². The van der Waals surface area contributed by atoms with Gasteiger partial charge in [0.2, 0.25) is 0 Å². The van der Waals surface area contributed by atoms with Gasteiger partial charge in [0.25, 0.3) is 0 Å². The van der Waals surface area contributed by atoms with Crippen LogP contribution in [0.1, 0.15) is 22.3 Å². The van der Waals surface area contributed by atoms with Crippen molar-refractivity contribution in [3.05, 3.63) is 307 Å². The predicted octanol–water partition coefficient (Wildman–Crippen LogP) is 19.2. The average molecular weight is 930 g/mol. The summed E-state index contributed by atoms with van der Waals surface area (Å²) in [5, 5.41) is 4.72. The molecule has 0 unspecified atom stereocenters. The van der Waals surface area contributed by atoms with Crippen LogP contribution in [0.15, 0.2) is 290 Å². The normalized spacial score (nSPS) is 12.5. The summed E-state index contributed by atoms with van der Waals surface area (Å²) in [5.41, 5.74) is 21.7. The molecule has 0 aliphatic heterocycles. The number of rotatable bonds is 9. The van der Waals surface area contributed by atoms with E-state index in [9.17, 15) is 0 Å². The minimum Gasteiger partial charge on any atom is -0.456 e. The molecule has 342 valence electrons. The summed E-state index contributed by atoms with van der Waals surface area (Å²) in [6, 6.07) is 104. The Balaban J connectivity index is 0.852. The van der Waals surface area contributed by atoms with Gasteiger partial charge in [-0.2, -0.15) is 0 Å². The van der Waals surface area contributed by atoms with Crippen molar-refractivity contribution in [2.45, 2.75) is 5.41 Å². The Bertz CT molecular complexity index is 4120. The smallest absolute Gasteiger partial charge is 0.136 e. The molecule has 0 bridgehead atoms. The molecular formula is C71H47NO. The third-order valence-electron chi connectivity index (χ3n) is 15.2. The molecule has 0 atom stereocenters. The summed E-state index contributed by atoms with van der Waals surface area (Å²) in [6.07, 6.45) is 0. The summed E-state index contributed by atoms with van der Waals surface area (Å²) in [7, 11) is 0. The lowest BCUT2D eigenvalue weighted by Gasteiger charge is -2.34. The lowest BCUT2D eigenvalue weighted by molar-refractivity contribution is 0.669. The topological polar surface area (TPSA) is 16.4 Å². The Morgan fingerprint density at radius 2 is 0.712 bits per heavy atom. The molecule has 0 radical (unpaired) electrons. The van der Waals surface area contributed by atoms with Crippen LogP contribution in [0.4, 0.5) is 17.1 Å². The van der Waals surface area contributed by atoms with Gasteiger partial charge < -0.3 is 9.32 Å². The van der Waals surface area contributed by atoms with E-state index in [0.717, 1.165) is 50.1 Å². The van der Waals surface area contributed by atoms with E-state index < -0.39 is 5.41 Å². The van der Waals surface area contributed by atoms with Gasteiger partial charge in [0, 0.05) is 27.8 Å². The first-order chi connectivity index (χ1) is 36.2. The maximum atomic E-state index is 6.30. The lowest BCUT2D eigenvalue weighted by Crippen LogP contribution is -2.28. The van der Waals surface area contributed by atoms with Gasteiger partial charge in [0.05, 0.1) is 5.41 Å². The minimum absolute atomic E-state index is 0.462. The van der Waals surface area contributed by atoms with Gasteiger partial charge in [-0.1, -0.05) is 218 Å². The van der Waals surface area contributed by atoms with Crippen LogP contribution in [0.2, 0.25) is 0 Å². The molecule has 12 aromatic carbocycles. The molecule has 1 aliphatic carbocycles. The fourth-order valence-electron chi connectivity index (χ4n) is 11.7. The largest absolute Gasteiger partial charge is 0.456 e. The van der Waals surface area contributed by atoms with Gasteiger partial charge in [0.1, 0.15) is 11.2 Å². The third-order valence-corrected chi connectivity index (χ3v) is 15.2. The predicted molar refractivity (Wildman–Crippen MR) is 305 cm³/mol. The van der Waals surface area contributed by atoms with Crippen LogP contribution < -0.4 is 4.90 Å². The van der Waals surface area contributed by atoms with Crippen molar-refractivity contribution in [2.24, 2.45) is 0 Å². The molecule has 0 amide bonds. The zero-order valence-electron chi connectivity index (χ0n) is 40.0. The number of para-hydroxylation sites is 1. The fourth-order valence-corrected chi connectivity index (χ4v) is 11.7. The third kappa shape index (κ3) is 7.10. The molecule has 14 rings (SSSR count). The Hall–Kier alpha value is -9.50. The van der Waals surface area contributed by atoms with Gasteiger partial charge in [-0.25, -0.2) is 0 Å². The summed E-state index contributed by atoms with van der Waals surface area (Å²) >= 11 is 0. The van der Waals surface area contributed by atoms with E-state index in [1.807, 2.05) is 12.1 Å². The molecule has 0 fully saturated rings. The molecular weight excluding hydrogens is 883 g/mol. The molecule has 13 aromatic rings. The highest BCUT2D eigenvalue weighted by atomic mass is 16.3. The Kier molecular flexibility index (Phi) is 10.1. The second-order valence-corrected chi connectivity index (χ2v) is 19.2. The minimum atomic E-state index is -0.462. The molecule has 1 aliphatic rings. The number of furan rings is 1. The van der Waals surface area contributed by atoms with E-state index >= 15 is 0 Å². The highest BCUT2D eigenvalue weighted by Gasteiger charge is 2.46. The zero-order valence-corrected chi connectivity index (χ0v) is 40.0. The first-order valence-corrected chi connectivity index (χ1v) is 25.1. The Labute approximate surface area is 425 Å². The van der Waals surface area contributed by atoms with E-state index in [0.29, 0.717) is 0 Å². The SMILES string of the molecule is c1ccc(-c2ccc3cc(-c4ccc(N(c5ccc(-c6ccc7c(c6)oc6ccccc67)cc5)c5ccc(-c6cccc7c6-c6ccccc6C7(c6ccccc6)c6ccccc6)cc5)cc4)ccc3c2)cc1. The lowest BCUT2D eigenvalue weighted by atomic mass is 9.67. The van der Waals surface area contributed by atoms with Gasteiger partial charge in [-0.15, -0.1) is 0 Å². The summed E-state index contributed by atoms with van der Waals surface area (Å²) in [6.45, 7) is 0. The molecule has 73 heavy (non-hydrogen) atoms. The second kappa shape index (κ2) is 17.4. The summed E-state index contributed by atoms with van der Waals surface area (Å²) < 4.78 is 6.30. The van der Waals surface area contributed by atoms with E-state index in [1.165, 1.54) is 77.5 Å². The molecule has 0 saturated carbocycles. The molecule has 0 saturated heterocycles. The van der Waals surface area contributed by atoms with Crippen LogP contribution >= 0.6 is 0 Å². The van der Waals surface area contributed by atoms with E-state index in [4.69, 9.17) is 4.42 Å². The maximum absolute atomic E-state index is 6.30. The molecule has 0 spiro atoms. The second-order valence-electron chi connectivity index (χ2n) is 19.2. The fraction of sp³-hybridized carbons (Fsp3) is 0.0141. The standard InChI is InChI=1S/C71H47NO/c1-4-15-48(16-5-1)52-27-29-55-46-53(28-30-54(55)45-52)49-31-38-59(39-32-49)72(60-40-33-50(34-41-60)56-37-44-64-63-21-11-13-26-68(63)73-69(64)47-56)61-42-35-51(36-43-61)62-23-14-25-67-70(62)65-22-10-12-24-66(65)71(67,57-17-6-2-7-18-57)58-19-8-3-9-20-58/h1-47H. The highest BCUT2D eigenvalue weighted by molar-refractivity contribution is 6.06. The monoisotopic (exact) mass is 929 g/mol. The molecule has 1 aromatic heterocycles. The number of fused-ring (bicyclic) bond motifs is 7. The summed E-state index contributed by atoms with van der Waals surface area (Å²) in [5.74, 6) is 0. The van der Waals surface area contributed by atoms with Crippen molar-refractivity contribution in [1.29, 1.82) is 0 Å². The van der Waals surface area contributed by atoms with Crippen molar-refractivity contribution < 1.29 is 4.42 Å². The van der Waals surface area contributed by atoms with Gasteiger partial charge >= 0.3 is 0 Å². The Morgan fingerprint density at radius 1 is 0.274 bits per heavy atom.